The molecule has 6 atom stereocenters. The summed E-state index contributed by atoms with van der Waals surface area (Å²) in [5, 5.41) is 10.7. The van der Waals surface area contributed by atoms with Gasteiger partial charge in [0, 0.05) is 25.7 Å². The molecule has 612 valence electrons. The quantitative estimate of drug-likeness (QED) is 0.0222. The molecule has 19 heteroatoms. The molecule has 0 radical (unpaired) electrons. The Kier molecular flexibility index (Phi) is 72.8. The summed E-state index contributed by atoms with van der Waals surface area (Å²) < 4.78 is 68.9. The maximum absolute atomic E-state index is 13.1. The second-order valence-corrected chi connectivity index (χ2v) is 34.3. The molecule has 17 nitrogen and oxygen atoms in total. The highest BCUT2D eigenvalue weighted by molar-refractivity contribution is 7.47. The number of hydrogen-bond acceptors (Lipinski definition) is 15. The van der Waals surface area contributed by atoms with Gasteiger partial charge in [-0.05, 0) is 43.4 Å². The van der Waals surface area contributed by atoms with Crippen LogP contribution in [-0.2, 0) is 65.4 Å². The zero-order valence-corrected chi connectivity index (χ0v) is 69.6. The minimum absolute atomic E-state index is 0.106. The third kappa shape index (κ3) is 76.6. The number of carbonyl (C=O) groups excluding carboxylic acids is 4. The first kappa shape index (κ1) is 101. The second kappa shape index (κ2) is 74.2. The fourth-order valence-electron chi connectivity index (χ4n) is 13.0. The van der Waals surface area contributed by atoms with Crippen LogP contribution in [-0.4, -0.2) is 96.7 Å². The zero-order valence-electron chi connectivity index (χ0n) is 67.8. The summed E-state index contributed by atoms with van der Waals surface area (Å²) in [7, 11) is -9.93. The molecule has 0 bridgehead atoms. The van der Waals surface area contributed by atoms with Crippen LogP contribution in [0.1, 0.15) is 440 Å². The molecule has 103 heavy (non-hydrogen) atoms. The molecule has 0 heterocycles. The number of phosphoric acid groups is 2. The lowest BCUT2D eigenvalue weighted by atomic mass is 9.99. The highest BCUT2D eigenvalue weighted by Gasteiger charge is 2.30. The van der Waals surface area contributed by atoms with E-state index in [0.717, 1.165) is 108 Å². The average Bonchev–Trinajstić information content (AvgIpc) is 0.943. The van der Waals surface area contributed by atoms with Crippen molar-refractivity contribution in [1.29, 1.82) is 0 Å². The summed E-state index contributed by atoms with van der Waals surface area (Å²) in [5.41, 5.74) is 0. The van der Waals surface area contributed by atoms with Gasteiger partial charge in [-0.1, -0.05) is 389 Å². The molecule has 0 aliphatic rings. The number of ether oxygens (including phenoxy) is 4. The molecule has 3 N–H and O–H groups in total. The molecule has 0 aliphatic carbocycles. The van der Waals surface area contributed by atoms with Crippen LogP contribution in [0.25, 0.3) is 0 Å². The lowest BCUT2D eigenvalue weighted by Crippen LogP contribution is -2.30. The monoisotopic (exact) mass is 1510 g/mol. The Morgan fingerprint density at radius 3 is 0.738 bits per heavy atom. The molecule has 3 unspecified atom stereocenters. The number of phosphoric ester groups is 2. The van der Waals surface area contributed by atoms with E-state index in [2.05, 4.69) is 48.5 Å². The first-order valence-corrected chi connectivity index (χ1v) is 46.4. The van der Waals surface area contributed by atoms with E-state index >= 15 is 0 Å². The van der Waals surface area contributed by atoms with Gasteiger partial charge in [-0.25, -0.2) is 9.13 Å². The minimum Gasteiger partial charge on any atom is -0.462 e. The van der Waals surface area contributed by atoms with E-state index in [-0.39, 0.29) is 25.7 Å². The number of rotatable bonds is 82. The Hall–Kier alpha value is -1.94. The van der Waals surface area contributed by atoms with Crippen molar-refractivity contribution in [2.24, 2.45) is 17.8 Å². The average molecular weight is 1510 g/mol. The molecule has 0 amide bonds. The van der Waals surface area contributed by atoms with Crippen molar-refractivity contribution < 1.29 is 80.2 Å². The van der Waals surface area contributed by atoms with E-state index in [9.17, 15) is 43.2 Å². The van der Waals surface area contributed by atoms with Gasteiger partial charge in [-0.3, -0.25) is 37.3 Å². The van der Waals surface area contributed by atoms with Crippen molar-refractivity contribution in [3.05, 3.63) is 0 Å². The molecule has 0 spiro atoms. The molecule has 0 aromatic carbocycles. The van der Waals surface area contributed by atoms with E-state index in [1.165, 1.54) is 250 Å². The lowest BCUT2D eigenvalue weighted by molar-refractivity contribution is -0.161. The summed E-state index contributed by atoms with van der Waals surface area (Å²) in [6, 6.07) is 0. The first-order valence-electron chi connectivity index (χ1n) is 43.4. The zero-order chi connectivity index (χ0) is 75.8. The topological polar surface area (TPSA) is 237 Å². The predicted molar refractivity (Wildman–Crippen MR) is 423 cm³/mol. The molecule has 0 aromatic rings. The van der Waals surface area contributed by atoms with Gasteiger partial charge < -0.3 is 33.8 Å². The summed E-state index contributed by atoms with van der Waals surface area (Å²) >= 11 is 0. The largest absolute Gasteiger partial charge is 0.472 e. The SMILES string of the molecule is CCCCCCCCCCCCCCCCCCCCCC(=O)O[C@H](COC(=O)CCCCCCCCCCCCCCCCCC(C)C)COP(=O)(O)OC[C@@H](O)COP(=O)(O)OC[C@@H](COC(=O)CCCCCCCCCCCC(C)C)OC(=O)CCCCCCCCCCCCC(C)CC. The van der Waals surface area contributed by atoms with Gasteiger partial charge in [0.05, 0.1) is 26.4 Å². The fourth-order valence-corrected chi connectivity index (χ4v) is 14.6. The standard InChI is InChI=1S/C84H164O17P2/c1-8-10-11-12-13-14-15-16-17-18-19-20-23-27-30-38-46-53-60-67-83(88)100-79(71-94-81(86)65-58-51-44-37-29-26-24-21-22-25-28-34-41-48-55-62-75(3)4)73-98-102(90,91)96-69-78(85)70-97-103(92,93)99-74-80(72-95-82(87)66-59-52-45-40-33-35-42-49-56-63-76(5)6)101-84(89)68-61-54-47-39-32-31-36-43-50-57-64-77(7)9-2/h75-80,85H,8-74H2,1-7H3,(H,90,91)(H,92,93)/t77?,78-,79-,80-/m1/s1. The number of aliphatic hydroxyl groups is 1. The second-order valence-electron chi connectivity index (χ2n) is 31.4. The van der Waals surface area contributed by atoms with Gasteiger partial charge in [0.15, 0.2) is 12.2 Å². The van der Waals surface area contributed by atoms with Crippen LogP contribution in [0, 0.1) is 17.8 Å². The van der Waals surface area contributed by atoms with Gasteiger partial charge in [0.2, 0.25) is 0 Å². The molecule has 0 aliphatic heterocycles. The maximum Gasteiger partial charge on any atom is 0.472 e. The Morgan fingerprint density at radius 1 is 0.282 bits per heavy atom. The third-order valence-corrected chi connectivity index (χ3v) is 21.9. The summed E-state index contributed by atoms with van der Waals surface area (Å²) in [6.45, 7) is 12.0. The van der Waals surface area contributed by atoms with Gasteiger partial charge in [0.25, 0.3) is 0 Å². The Bertz CT molecular complexity index is 1990. The minimum atomic E-state index is -4.97. The molecule has 0 saturated carbocycles. The van der Waals surface area contributed by atoms with Crippen molar-refractivity contribution in [3.8, 4) is 0 Å². The Labute approximate surface area is 632 Å². The van der Waals surface area contributed by atoms with Crippen LogP contribution >= 0.6 is 15.6 Å². The molecule has 0 aromatic heterocycles. The van der Waals surface area contributed by atoms with Crippen LogP contribution in [0.4, 0.5) is 0 Å². The van der Waals surface area contributed by atoms with Gasteiger partial charge in [0.1, 0.15) is 19.3 Å². The highest BCUT2D eigenvalue weighted by atomic mass is 31.2. The number of esters is 4. The van der Waals surface area contributed by atoms with Crippen LogP contribution in [0.15, 0.2) is 0 Å². The van der Waals surface area contributed by atoms with Crippen molar-refractivity contribution >= 4 is 39.5 Å². The summed E-state index contributed by atoms with van der Waals surface area (Å²) in [5.74, 6) is 0.246. The van der Waals surface area contributed by atoms with Crippen LogP contribution in [0.2, 0.25) is 0 Å². The van der Waals surface area contributed by atoms with E-state index in [1.807, 2.05) is 0 Å². The van der Waals surface area contributed by atoms with Crippen molar-refractivity contribution in [2.45, 2.75) is 458 Å². The summed E-state index contributed by atoms with van der Waals surface area (Å²) in [6.07, 6.45) is 63.8. The predicted octanol–water partition coefficient (Wildman–Crippen LogP) is 25.3. The number of aliphatic hydroxyl groups excluding tert-OH is 1. The molecule has 0 fully saturated rings. The number of hydrogen-bond donors (Lipinski definition) is 3. The Balaban J connectivity index is 5.26. The van der Waals surface area contributed by atoms with Crippen LogP contribution in [0.3, 0.4) is 0 Å². The van der Waals surface area contributed by atoms with Crippen molar-refractivity contribution in [3.63, 3.8) is 0 Å². The third-order valence-electron chi connectivity index (χ3n) is 20.0. The fraction of sp³-hybridized carbons (Fsp3) is 0.952. The smallest absolute Gasteiger partial charge is 0.462 e. The van der Waals surface area contributed by atoms with Crippen molar-refractivity contribution in [1.82, 2.24) is 0 Å². The van der Waals surface area contributed by atoms with Crippen LogP contribution in [0.5, 0.6) is 0 Å². The molecular formula is C84H164O17P2. The summed E-state index contributed by atoms with van der Waals surface area (Å²) in [4.78, 5) is 73.2. The van der Waals surface area contributed by atoms with Gasteiger partial charge >= 0.3 is 39.5 Å². The molecular weight excluding hydrogens is 1340 g/mol. The van der Waals surface area contributed by atoms with Crippen molar-refractivity contribution in [2.75, 3.05) is 39.6 Å². The van der Waals surface area contributed by atoms with Crippen LogP contribution < -0.4 is 0 Å². The van der Waals surface area contributed by atoms with E-state index in [1.54, 1.807) is 0 Å². The van der Waals surface area contributed by atoms with E-state index < -0.39 is 97.5 Å². The molecule has 0 saturated heterocycles. The van der Waals surface area contributed by atoms with Gasteiger partial charge in [-0.2, -0.15) is 0 Å². The van der Waals surface area contributed by atoms with E-state index in [4.69, 9.17) is 37.0 Å². The number of unbranched alkanes of at least 4 members (excludes halogenated alkanes) is 49. The Morgan fingerprint density at radius 2 is 0.495 bits per heavy atom. The normalized spacial score (nSPS) is 14.2. The highest BCUT2D eigenvalue weighted by Crippen LogP contribution is 2.45. The molecule has 0 rings (SSSR count). The number of carbonyl (C=O) groups is 4. The van der Waals surface area contributed by atoms with Gasteiger partial charge in [-0.15, -0.1) is 0 Å². The first-order chi connectivity index (χ1) is 49.8. The lowest BCUT2D eigenvalue weighted by Gasteiger charge is -2.21. The maximum atomic E-state index is 13.1. The van der Waals surface area contributed by atoms with E-state index in [0.29, 0.717) is 25.7 Å².